The van der Waals surface area contributed by atoms with Crippen molar-refractivity contribution in [2.24, 2.45) is 0 Å². The number of aryl methyl sites for hydroxylation is 1. The molecule has 1 unspecified atom stereocenters. The minimum atomic E-state index is -0.608. The van der Waals surface area contributed by atoms with Gasteiger partial charge in [0.25, 0.3) is 0 Å². The van der Waals surface area contributed by atoms with E-state index in [2.05, 4.69) is 26.1 Å². The van der Waals surface area contributed by atoms with E-state index in [9.17, 15) is 8.78 Å². The highest BCUT2D eigenvalue weighted by atomic mass is 79.9. The Kier molecular flexibility index (Phi) is 4.07. The third kappa shape index (κ3) is 2.59. The van der Waals surface area contributed by atoms with Crippen molar-refractivity contribution in [2.75, 3.05) is 0 Å². The van der Waals surface area contributed by atoms with Gasteiger partial charge in [-0.2, -0.15) is 0 Å². The van der Waals surface area contributed by atoms with Crippen molar-refractivity contribution < 1.29 is 8.78 Å². The number of halogens is 3. The first-order valence-electron chi connectivity index (χ1n) is 5.46. The second-order valence-corrected chi connectivity index (χ2v) is 6.02. The first-order chi connectivity index (χ1) is 8.52. The third-order valence-corrected chi connectivity index (χ3v) is 5.00. The number of benzene rings is 1. The smallest absolute Gasteiger partial charge is 0.150 e. The van der Waals surface area contributed by atoms with Gasteiger partial charge in [0.2, 0.25) is 0 Å². The summed E-state index contributed by atoms with van der Waals surface area (Å²) in [6, 6.07) is 2.35. The van der Waals surface area contributed by atoms with Gasteiger partial charge in [-0.25, -0.2) is 8.78 Å². The molecule has 0 saturated carbocycles. The van der Waals surface area contributed by atoms with Crippen LogP contribution in [0, 0.1) is 18.6 Å². The van der Waals surface area contributed by atoms with E-state index in [1.165, 1.54) is 17.4 Å². The van der Waals surface area contributed by atoms with Crippen molar-refractivity contribution in [3.63, 3.8) is 0 Å². The van der Waals surface area contributed by atoms with E-state index in [-0.39, 0.29) is 4.83 Å². The molecule has 96 valence electrons. The summed E-state index contributed by atoms with van der Waals surface area (Å²) in [7, 11) is 0. The maximum absolute atomic E-state index is 13.7. The van der Waals surface area contributed by atoms with Gasteiger partial charge < -0.3 is 0 Å². The number of rotatable bonds is 3. The van der Waals surface area contributed by atoms with Crippen LogP contribution in [0.15, 0.2) is 12.1 Å². The number of aromatic nitrogens is 2. The van der Waals surface area contributed by atoms with Crippen LogP contribution >= 0.6 is 27.3 Å². The summed E-state index contributed by atoms with van der Waals surface area (Å²) in [5.74, 6) is -1.16. The molecule has 0 aliphatic heterocycles. The van der Waals surface area contributed by atoms with E-state index in [4.69, 9.17) is 0 Å². The van der Waals surface area contributed by atoms with Crippen LogP contribution in [0.3, 0.4) is 0 Å². The Morgan fingerprint density at radius 2 is 2.00 bits per heavy atom. The van der Waals surface area contributed by atoms with Crippen molar-refractivity contribution in [1.82, 2.24) is 10.2 Å². The molecule has 0 fully saturated rings. The second kappa shape index (κ2) is 5.40. The van der Waals surface area contributed by atoms with Gasteiger partial charge in [-0.05, 0) is 25.0 Å². The zero-order chi connectivity index (χ0) is 13.3. The van der Waals surface area contributed by atoms with Gasteiger partial charge in [0.05, 0.1) is 4.83 Å². The molecule has 0 spiro atoms. The molecule has 0 bridgehead atoms. The molecule has 1 atom stereocenters. The fourth-order valence-corrected chi connectivity index (χ4v) is 2.76. The normalized spacial score (nSPS) is 12.7. The zero-order valence-corrected chi connectivity index (χ0v) is 12.3. The number of alkyl halides is 1. The maximum atomic E-state index is 13.7. The lowest BCUT2D eigenvalue weighted by atomic mass is 10.1. The van der Waals surface area contributed by atoms with Crippen molar-refractivity contribution in [2.45, 2.75) is 25.1 Å². The van der Waals surface area contributed by atoms with E-state index in [1.54, 1.807) is 6.92 Å². The fourth-order valence-electron chi connectivity index (χ4n) is 1.47. The SMILES string of the molecule is CCC(Br)c1nnc(-c2cc(C)c(F)cc2F)s1. The molecule has 2 rings (SSSR count). The van der Waals surface area contributed by atoms with Crippen LogP contribution in [0.25, 0.3) is 10.6 Å². The fraction of sp³-hybridized carbons (Fsp3) is 0.333. The summed E-state index contributed by atoms with van der Waals surface area (Å²) < 4.78 is 26.9. The predicted molar refractivity (Wildman–Crippen MR) is 72.0 cm³/mol. The van der Waals surface area contributed by atoms with Gasteiger partial charge in [0.15, 0.2) is 5.01 Å². The van der Waals surface area contributed by atoms with E-state index in [0.717, 1.165) is 17.5 Å². The van der Waals surface area contributed by atoms with E-state index >= 15 is 0 Å². The lowest BCUT2D eigenvalue weighted by molar-refractivity contribution is 0.579. The van der Waals surface area contributed by atoms with Crippen molar-refractivity contribution in [3.05, 3.63) is 34.3 Å². The Balaban J connectivity index is 2.43. The molecule has 0 N–H and O–H groups in total. The van der Waals surface area contributed by atoms with Gasteiger partial charge in [0.1, 0.15) is 16.6 Å². The number of hydrogen-bond donors (Lipinski definition) is 0. The molecule has 2 aromatic rings. The van der Waals surface area contributed by atoms with Crippen LogP contribution in [0.4, 0.5) is 8.78 Å². The summed E-state index contributed by atoms with van der Waals surface area (Å²) in [6.45, 7) is 3.61. The number of hydrogen-bond acceptors (Lipinski definition) is 3. The van der Waals surface area contributed by atoms with E-state index in [0.29, 0.717) is 16.1 Å². The van der Waals surface area contributed by atoms with Gasteiger partial charge in [-0.3, -0.25) is 0 Å². The van der Waals surface area contributed by atoms with Crippen molar-refractivity contribution in [3.8, 4) is 10.6 Å². The maximum Gasteiger partial charge on any atom is 0.150 e. The van der Waals surface area contributed by atoms with Crippen molar-refractivity contribution in [1.29, 1.82) is 0 Å². The molecule has 18 heavy (non-hydrogen) atoms. The Bertz CT molecular complexity index is 571. The third-order valence-electron chi connectivity index (χ3n) is 2.55. The Labute approximate surface area is 116 Å². The topological polar surface area (TPSA) is 25.8 Å². The molecule has 2 nitrogen and oxygen atoms in total. The summed E-state index contributed by atoms with van der Waals surface area (Å²) in [4.78, 5) is 0.119. The van der Waals surface area contributed by atoms with Crippen LogP contribution in [0.5, 0.6) is 0 Å². The second-order valence-electron chi connectivity index (χ2n) is 3.90. The van der Waals surface area contributed by atoms with Gasteiger partial charge >= 0.3 is 0 Å². The Morgan fingerprint density at radius 3 is 2.67 bits per heavy atom. The van der Waals surface area contributed by atoms with Crippen molar-refractivity contribution >= 4 is 27.3 Å². The molecule has 1 aromatic carbocycles. The van der Waals surface area contributed by atoms with Crippen LogP contribution in [0.2, 0.25) is 0 Å². The molecule has 6 heteroatoms. The van der Waals surface area contributed by atoms with Gasteiger partial charge in [-0.15, -0.1) is 10.2 Å². The van der Waals surface area contributed by atoms with Gasteiger partial charge in [-0.1, -0.05) is 34.2 Å². The molecule has 0 radical (unpaired) electrons. The van der Waals surface area contributed by atoms with Crippen LogP contribution < -0.4 is 0 Å². The predicted octanol–water partition coefficient (Wildman–Crippen LogP) is 4.64. The molecule has 1 heterocycles. The Hall–Kier alpha value is -0.880. The van der Waals surface area contributed by atoms with Crippen LogP contribution in [-0.4, -0.2) is 10.2 Å². The summed E-state index contributed by atoms with van der Waals surface area (Å²) in [5.41, 5.74) is 0.697. The van der Waals surface area contributed by atoms with Crippen LogP contribution in [0.1, 0.15) is 28.7 Å². The molecule has 1 aromatic heterocycles. The summed E-state index contributed by atoms with van der Waals surface area (Å²) >= 11 is 4.79. The number of nitrogens with zero attached hydrogens (tertiary/aromatic N) is 2. The summed E-state index contributed by atoms with van der Waals surface area (Å²) in [5, 5.41) is 9.26. The first kappa shape index (κ1) is 13.5. The molecular weight excluding hydrogens is 322 g/mol. The molecule has 0 saturated heterocycles. The van der Waals surface area contributed by atoms with Gasteiger partial charge in [0, 0.05) is 11.6 Å². The monoisotopic (exact) mass is 332 g/mol. The van der Waals surface area contributed by atoms with Crippen LogP contribution in [-0.2, 0) is 0 Å². The molecule has 0 aliphatic rings. The zero-order valence-electron chi connectivity index (χ0n) is 9.88. The quantitative estimate of drug-likeness (QED) is 0.765. The highest BCUT2D eigenvalue weighted by Crippen LogP contribution is 2.34. The molecular formula is C12H11BrF2N2S. The highest BCUT2D eigenvalue weighted by Gasteiger charge is 2.16. The lowest BCUT2D eigenvalue weighted by Crippen LogP contribution is -1.90. The minimum Gasteiger partial charge on any atom is -0.207 e. The average Bonchev–Trinajstić information content (AvgIpc) is 2.82. The standard InChI is InChI=1S/C12H11BrF2N2S/c1-3-8(13)12-17-16-11(18-12)7-4-6(2)9(14)5-10(7)15/h4-5,8H,3H2,1-2H3. The van der Waals surface area contributed by atoms with E-state index < -0.39 is 11.6 Å². The minimum absolute atomic E-state index is 0.119. The Morgan fingerprint density at radius 1 is 1.28 bits per heavy atom. The highest BCUT2D eigenvalue weighted by molar-refractivity contribution is 9.09. The average molecular weight is 333 g/mol. The largest absolute Gasteiger partial charge is 0.207 e. The summed E-state index contributed by atoms with van der Waals surface area (Å²) in [6.07, 6.45) is 0.875. The first-order valence-corrected chi connectivity index (χ1v) is 7.19. The lowest BCUT2D eigenvalue weighted by Gasteiger charge is -2.02. The molecule has 0 aliphatic carbocycles. The van der Waals surface area contributed by atoms with E-state index in [1.807, 2.05) is 6.92 Å². The molecule has 0 amide bonds.